The number of hydrogen-bond donors (Lipinski definition) is 2. The van der Waals surface area contributed by atoms with Gasteiger partial charge in [-0.3, -0.25) is 9.59 Å². The number of ether oxygens (including phenoxy) is 2. The molecule has 32 heavy (non-hydrogen) atoms. The average molecular weight is 457 g/mol. The number of nitrogens with zero attached hydrogens (tertiary/aromatic N) is 2. The number of aryl methyl sites for hydroxylation is 1. The van der Waals surface area contributed by atoms with E-state index in [9.17, 15) is 9.59 Å². The minimum Gasteiger partial charge on any atom is -0.495 e. The Morgan fingerprint density at radius 3 is 2.53 bits per heavy atom. The maximum Gasteiger partial charge on any atom is 0.291 e. The molecule has 0 aliphatic rings. The van der Waals surface area contributed by atoms with Crippen LogP contribution in [0.1, 0.15) is 31.4 Å². The van der Waals surface area contributed by atoms with Crippen molar-refractivity contribution in [1.29, 1.82) is 0 Å². The summed E-state index contributed by atoms with van der Waals surface area (Å²) in [6, 6.07) is 7.25. The van der Waals surface area contributed by atoms with Crippen LogP contribution in [0.4, 0.5) is 11.5 Å². The second kappa shape index (κ2) is 10.3. The molecule has 3 rings (SSSR count). The van der Waals surface area contributed by atoms with E-state index < -0.39 is 11.7 Å². The van der Waals surface area contributed by atoms with Crippen LogP contribution in [0.25, 0.3) is 10.9 Å². The van der Waals surface area contributed by atoms with Crippen molar-refractivity contribution in [3.63, 3.8) is 0 Å². The normalized spacial score (nSPS) is 10.7. The lowest BCUT2D eigenvalue weighted by atomic mass is 10.0. The Bertz CT molecular complexity index is 1170. The first-order valence-corrected chi connectivity index (χ1v) is 10.5. The third kappa shape index (κ3) is 4.91. The first kappa shape index (κ1) is 23.3. The molecule has 0 aliphatic heterocycles. The number of Topliss-reactive ketones (excluding diaryl/α,β-unsaturated/α-hetero) is 1. The zero-order valence-corrected chi connectivity index (χ0v) is 19.2. The SMILES string of the molecule is CCCc1c(OC)c(NC(=O)C(C)=O)cc2c(NCc3ccc(OC)c(Cl)c3)ncnc12. The van der Waals surface area contributed by atoms with Crippen LogP contribution >= 0.6 is 11.6 Å². The fourth-order valence-corrected chi connectivity index (χ4v) is 3.70. The van der Waals surface area contributed by atoms with Crippen molar-refractivity contribution in [2.24, 2.45) is 0 Å². The molecule has 1 aromatic heterocycles. The molecule has 1 amide bonds. The molecule has 0 bridgehead atoms. The molecule has 8 nitrogen and oxygen atoms in total. The summed E-state index contributed by atoms with van der Waals surface area (Å²) in [5.74, 6) is 0.360. The lowest BCUT2D eigenvalue weighted by Gasteiger charge is -2.18. The van der Waals surface area contributed by atoms with Gasteiger partial charge in [-0.25, -0.2) is 9.97 Å². The van der Waals surface area contributed by atoms with Crippen LogP contribution in [0.15, 0.2) is 30.6 Å². The molecule has 9 heteroatoms. The predicted molar refractivity (Wildman–Crippen MR) is 125 cm³/mol. The van der Waals surface area contributed by atoms with Gasteiger partial charge in [0.1, 0.15) is 23.6 Å². The van der Waals surface area contributed by atoms with E-state index in [4.69, 9.17) is 21.1 Å². The van der Waals surface area contributed by atoms with E-state index in [0.29, 0.717) is 46.4 Å². The summed E-state index contributed by atoms with van der Waals surface area (Å²) < 4.78 is 10.8. The zero-order chi connectivity index (χ0) is 23.3. The molecule has 0 aliphatic carbocycles. The zero-order valence-electron chi connectivity index (χ0n) is 18.4. The molecule has 168 valence electrons. The Balaban J connectivity index is 2.05. The summed E-state index contributed by atoms with van der Waals surface area (Å²) in [5.41, 5.74) is 2.89. The Labute approximate surface area is 191 Å². The van der Waals surface area contributed by atoms with Crippen molar-refractivity contribution >= 4 is 45.7 Å². The quantitative estimate of drug-likeness (QED) is 0.460. The lowest BCUT2D eigenvalue weighted by molar-refractivity contribution is -0.133. The summed E-state index contributed by atoms with van der Waals surface area (Å²) in [5, 5.41) is 7.17. The summed E-state index contributed by atoms with van der Waals surface area (Å²) in [6.07, 6.45) is 3.00. The Morgan fingerprint density at radius 2 is 1.91 bits per heavy atom. The van der Waals surface area contributed by atoms with Gasteiger partial charge in [-0.15, -0.1) is 0 Å². The Hall–Kier alpha value is -3.39. The Kier molecular flexibility index (Phi) is 7.48. The molecule has 3 aromatic rings. The van der Waals surface area contributed by atoms with Gasteiger partial charge < -0.3 is 20.1 Å². The number of hydrogen-bond acceptors (Lipinski definition) is 7. The van der Waals surface area contributed by atoms with Crippen LogP contribution in [0.5, 0.6) is 11.5 Å². The number of anilines is 2. The number of nitrogens with one attached hydrogen (secondary N) is 2. The number of rotatable bonds is 9. The molecule has 0 radical (unpaired) electrons. The number of amides is 1. The van der Waals surface area contributed by atoms with Gasteiger partial charge in [-0.05, 0) is 30.2 Å². The summed E-state index contributed by atoms with van der Waals surface area (Å²) >= 11 is 6.23. The van der Waals surface area contributed by atoms with Gasteiger partial charge in [0.05, 0.1) is 30.4 Å². The van der Waals surface area contributed by atoms with E-state index in [1.54, 1.807) is 19.2 Å². The van der Waals surface area contributed by atoms with E-state index >= 15 is 0 Å². The highest BCUT2D eigenvalue weighted by molar-refractivity contribution is 6.40. The van der Waals surface area contributed by atoms with Crippen LogP contribution in [-0.4, -0.2) is 35.9 Å². The third-order valence-corrected chi connectivity index (χ3v) is 5.22. The van der Waals surface area contributed by atoms with Crippen LogP contribution in [-0.2, 0) is 22.6 Å². The van der Waals surface area contributed by atoms with Gasteiger partial charge >= 0.3 is 0 Å². The molecule has 0 saturated heterocycles. The molecule has 0 fully saturated rings. The molecule has 2 aromatic carbocycles. The standard InChI is InChI=1S/C23H25ClN4O4/c1-5-6-15-20-16(10-18(21(15)32-4)28-23(30)13(2)29)22(27-12-26-20)25-11-14-7-8-19(31-3)17(24)9-14/h7-10,12H,5-6,11H2,1-4H3,(H,28,30)(H,25,26,27). The third-order valence-electron chi connectivity index (χ3n) is 4.93. The van der Waals surface area contributed by atoms with Crippen molar-refractivity contribution in [2.45, 2.75) is 33.2 Å². The van der Waals surface area contributed by atoms with Gasteiger partial charge in [0.2, 0.25) is 5.78 Å². The smallest absolute Gasteiger partial charge is 0.291 e. The van der Waals surface area contributed by atoms with Crippen LogP contribution in [0.2, 0.25) is 5.02 Å². The van der Waals surface area contributed by atoms with E-state index in [0.717, 1.165) is 23.1 Å². The first-order valence-electron chi connectivity index (χ1n) is 10.1. The van der Waals surface area contributed by atoms with E-state index in [2.05, 4.69) is 20.6 Å². The topological polar surface area (TPSA) is 102 Å². The van der Waals surface area contributed by atoms with Crippen molar-refractivity contribution in [3.8, 4) is 11.5 Å². The summed E-state index contributed by atoms with van der Waals surface area (Å²) in [7, 11) is 3.09. The number of fused-ring (bicyclic) bond motifs is 1. The molecular formula is C23H25ClN4O4. The molecule has 0 spiro atoms. The largest absolute Gasteiger partial charge is 0.495 e. The van der Waals surface area contributed by atoms with Crippen molar-refractivity contribution in [1.82, 2.24) is 9.97 Å². The van der Waals surface area contributed by atoms with Crippen molar-refractivity contribution in [3.05, 3.63) is 46.7 Å². The fourth-order valence-electron chi connectivity index (χ4n) is 3.42. The first-order chi connectivity index (χ1) is 15.4. The van der Waals surface area contributed by atoms with Gasteiger partial charge in [-0.2, -0.15) is 0 Å². The number of ketones is 1. The second-order valence-corrected chi connectivity index (χ2v) is 7.54. The number of carbonyl (C=O) groups excluding carboxylic acids is 2. The predicted octanol–water partition coefficient (Wildman–Crippen LogP) is 4.39. The maximum absolute atomic E-state index is 12.1. The monoisotopic (exact) mass is 456 g/mol. The highest BCUT2D eigenvalue weighted by Gasteiger charge is 2.20. The second-order valence-electron chi connectivity index (χ2n) is 7.14. The number of benzene rings is 2. The van der Waals surface area contributed by atoms with E-state index in [1.807, 2.05) is 19.1 Å². The summed E-state index contributed by atoms with van der Waals surface area (Å²) in [4.78, 5) is 32.4. The van der Waals surface area contributed by atoms with Crippen molar-refractivity contribution in [2.75, 3.05) is 24.9 Å². The van der Waals surface area contributed by atoms with Crippen LogP contribution < -0.4 is 20.1 Å². The molecule has 0 saturated carbocycles. The van der Waals surface area contributed by atoms with Gasteiger partial charge in [-0.1, -0.05) is 31.0 Å². The number of halogens is 1. The van der Waals surface area contributed by atoms with E-state index in [-0.39, 0.29) is 0 Å². The van der Waals surface area contributed by atoms with Gasteiger partial charge in [0.15, 0.2) is 0 Å². The van der Waals surface area contributed by atoms with Crippen LogP contribution in [0, 0.1) is 0 Å². The number of carbonyl (C=O) groups is 2. The number of aromatic nitrogens is 2. The molecule has 0 unspecified atom stereocenters. The maximum atomic E-state index is 12.1. The van der Waals surface area contributed by atoms with Crippen molar-refractivity contribution < 1.29 is 19.1 Å². The molecular weight excluding hydrogens is 432 g/mol. The molecule has 0 atom stereocenters. The van der Waals surface area contributed by atoms with Crippen LogP contribution in [0.3, 0.4) is 0 Å². The van der Waals surface area contributed by atoms with Gasteiger partial charge in [0.25, 0.3) is 5.91 Å². The average Bonchev–Trinajstić information content (AvgIpc) is 2.78. The Morgan fingerprint density at radius 1 is 1.12 bits per heavy atom. The highest BCUT2D eigenvalue weighted by atomic mass is 35.5. The number of methoxy groups -OCH3 is 2. The minimum atomic E-state index is -0.718. The molecule has 2 N–H and O–H groups in total. The van der Waals surface area contributed by atoms with Gasteiger partial charge in [0, 0.05) is 24.4 Å². The minimum absolute atomic E-state index is 0.397. The van der Waals surface area contributed by atoms with E-state index in [1.165, 1.54) is 20.4 Å². The molecule has 1 heterocycles. The lowest BCUT2D eigenvalue weighted by Crippen LogP contribution is -2.20. The highest BCUT2D eigenvalue weighted by Crippen LogP contribution is 2.38. The summed E-state index contributed by atoms with van der Waals surface area (Å²) in [6.45, 7) is 3.71. The fraction of sp³-hybridized carbons (Fsp3) is 0.304.